The van der Waals surface area contributed by atoms with Gasteiger partial charge in [0.05, 0.1) is 5.60 Å². The van der Waals surface area contributed by atoms with E-state index in [-0.39, 0.29) is 5.82 Å². The van der Waals surface area contributed by atoms with Crippen LogP contribution in [0, 0.1) is 17.7 Å². The lowest BCUT2D eigenvalue weighted by Crippen LogP contribution is -2.45. The van der Waals surface area contributed by atoms with Crippen molar-refractivity contribution in [3.63, 3.8) is 0 Å². The molecule has 0 radical (unpaired) electrons. The number of benzene rings is 1. The zero-order valence-corrected chi connectivity index (χ0v) is 15.3. The van der Waals surface area contributed by atoms with Crippen molar-refractivity contribution < 1.29 is 9.50 Å². The van der Waals surface area contributed by atoms with E-state index in [1.807, 2.05) is 19.1 Å². The maximum absolute atomic E-state index is 13.7. The number of aromatic nitrogens is 1. The van der Waals surface area contributed by atoms with Crippen molar-refractivity contribution in [2.24, 2.45) is 11.8 Å². The monoisotopic (exact) mass is 344 g/mol. The Balaban J connectivity index is 1.55. The molecule has 1 aromatic heterocycles. The highest BCUT2D eigenvalue weighted by atomic mass is 19.1. The molecule has 3 rings (SSSR count). The van der Waals surface area contributed by atoms with Gasteiger partial charge in [0.15, 0.2) is 0 Å². The lowest BCUT2D eigenvalue weighted by molar-refractivity contribution is -0.0214. The van der Waals surface area contributed by atoms with E-state index in [1.165, 1.54) is 25.3 Å². The molecule has 2 N–H and O–H groups in total. The number of halogens is 1. The number of pyridine rings is 1. The van der Waals surface area contributed by atoms with Crippen LogP contribution in [-0.2, 0) is 6.54 Å². The van der Waals surface area contributed by atoms with Crippen LogP contribution < -0.4 is 5.32 Å². The molecule has 1 saturated carbocycles. The van der Waals surface area contributed by atoms with E-state index in [4.69, 9.17) is 0 Å². The van der Waals surface area contributed by atoms with Gasteiger partial charge in [-0.05, 0) is 49.3 Å². The van der Waals surface area contributed by atoms with Crippen LogP contribution >= 0.6 is 0 Å². The van der Waals surface area contributed by atoms with Crippen molar-refractivity contribution in [2.75, 3.05) is 6.54 Å². The Kier molecular flexibility index (Phi) is 5.70. The standard InChI is InChI=1S/C21H29FN2O/c1-3-15-7-9-18(10-8-15)21(2,25)14-23-12-16-11-17-5-4-6-19(22)20(17)24-13-16/h4-6,11,13,15,18,23,25H,3,7-10,12,14H2,1-2H3. The molecule has 0 amide bonds. The van der Waals surface area contributed by atoms with Gasteiger partial charge in [-0.15, -0.1) is 0 Å². The molecule has 1 aromatic carbocycles. The lowest BCUT2D eigenvalue weighted by atomic mass is 9.73. The Morgan fingerprint density at radius 1 is 1.28 bits per heavy atom. The van der Waals surface area contributed by atoms with E-state index in [1.54, 1.807) is 12.3 Å². The first-order valence-corrected chi connectivity index (χ1v) is 9.46. The Morgan fingerprint density at radius 3 is 2.76 bits per heavy atom. The van der Waals surface area contributed by atoms with Crippen molar-refractivity contribution in [1.82, 2.24) is 10.3 Å². The Morgan fingerprint density at radius 2 is 2.04 bits per heavy atom. The number of hydrogen-bond donors (Lipinski definition) is 2. The van der Waals surface area contributed by atoms with Gasteiger partial charge in [0.25, 0.3) is 0 Å². The van der Waals surface area contributed by atoms with Crippen LogP contribution in [0.5, 0.6) is 0 Å². The maximum atomic E-state index is 13.7. The van der Waals surface area contributed by atoms with E-state index in [9.17, 15) is 9.50 Å². The molecule has 1 aliphatic rings. The van der Waals surface area contributed by atoms with E-state index in [0.717, 1.165) is 29.7 Å². The second-order valence-corrected chi connectivity index (χ2v) is 7.74. The first kappa shape index (κ1) is 18.3. The van der Waals surface area contributed by atoms with Gasteiger partial charge in [0.2, 0.25) is 0 Å². The summed E-state index contributed by atoms with van der Waals surface area (Å²) in [5.41, 5.74) is 0.726. The van der Waals surface area contributed by atoms with Gasteiger partial charge in [-0.25, -0.2) is 4.39 Å². The van der Waals surface area contributed by atoms with Crippen molar-refractivity contribution in [3.05, 3.63) is 41.8 Å². The minimum atomic E-state index is -0.685. The number of rotatable bonds is 6. The summed E-state index contributed by atoms with van der Waals surface area (Å²) in [5.74, 6) is 0.915. The Bertz CT molecular complexity index is 708. The summed E-state index contributed by atoms with van der Waals surface area (Å²) < 4.78 is 13.7. The SMILES string of the molecule is CCC1CCC(C(C)(O)CNCc2cnc3c(F)cccc3c2)CC1. The fourth-order valence-electron chi connectivity index (χ4n) is 4.06. The highest BCUT2D eigenvalue weighted by Crippen LogP contribution is 2.36. The Labute approximate surface area is 149 Å². The van der Waals surface area contributed by atoms with Gasteiger partial charge >= 0.3 is 0 Å². The topological polar surface area (TPSA) is 45.1 Å². The van der Waals surface area contributed by atoms with E-state index in [0.29, 0.717) is 24.5 Å². The minimum absolute atomic E-state index is 0.289. The number of para-hydroxylation sites is 1. The molecular formula is C21H29FN2O. The molecule has 1 heterocycles. The van der Waals surface area contributed by atoms with Crippen molar-refractivity contribution >= 4 is 10.9 Å². The summed E-state index contributed by atoms with van der Waals surface area (Å²) in [4.78, 5) is 4.23. The average Bonchev–Trinajstić information content (AvgIpc) is 2.62. The first-order chi connectivity index (χ1) is 12.0. The third kappa shape index (κ3) is 4.36. The molecular weight excluding hydrogens is 315 g/mol. The molecule has 0 saturated heterocycles. The zero-order chi connectivity index (χ0) is 17.9. The largest absolute Gasteiger partial charge is 0.389 e. The minimum Gasteiger partial charge on any atom is -0.389 e. The predicted octanol–water partition coefficient (Wildman–Crippen LogP) is 4.43. The van der Waals surface area contributed by atoms with E-state index in [2.05, 4.69) is 17.2 Å². The maximum Gasteiger partial charge on any atom is 0.149 e. The molecule has 1 atom stereocenters. The number of fused-ring (bicyclic) bond motifs is 1. The number of nitrogens with zero attached hydrogens (tertiary/aromatic N) is 1. The van der Waals surface area contributed by atoms with Crippen LogP contribution in [0.1, 0.15) is 51.5 Å². The fraction of sp³-hybridized carbons (Fsp3) is 0.571. The lowest BCUT2D eigenvalue weighted by Gasteiger charge is -2.38. The van der Waals surface area contributed by atoms with Crippen LogP contribution in [-0.4, -0.2) is 22.2 Å². The molecule has 25 heavy (non-hydrogen) atoms. The highest BCUT2D eigenvalue weighted by Gasteiger charge is 2.34. The van der Waals surface area contributed by atoms with Crippen LogP contribution in [0.25, 0.3) is 10.9 Å². The predicted molar refractivity (Wildman–Crippen MR) is 99.8 cm³/mol. The molecule has 1 unspecified atom stereocenters. The molecule has 1 fully saturated rings. The van der Waals surface area contributed by atoms with Crippen LogP contribution in [0.2, 0.25) is 0 Å². The number of aliphatic hydroxyl groups is 1. The molecule has 0 aliphatic heterocycles. The van der Waals surface area contributed by atoms with Crippen LogP contribution in [0.3, 0.4) is 0 Å². The number of nitrogens with one attached hydrogen (secondary N) is 1. The van der Waals surface area contributed by atoms with E-state index < -0.39 is 5.60 Å². The quantitative estimate of drug-likeness (QED) is 0.815. The van der Waals surface area contributed by atoms with Crippen molar-refractivity contribution in [1.29, 1.82) is 0 Å². The van der Waals surface area contributed by atoms with Gasteiger partial charge < -0.3 is 10.4 Å². The summed E-state index contributed by atoms with van der Waals surface area (Å²) in [6.07, 6.45) is 7.66. The van der Waals surface area contributed by atoms with Gasteiger partial charge in [-0.2, -0.15) is 0 Å². The molecule has 4 heteroatoms. The molecule has 3 nitrogen and oxygen atoms in total. The first-order valence-electron chi connectivity index (χ1n) is 9.46. The van der Waals surface area contributed by atoms with Gasteiger partial charge in [-0.3, -0.25) is 4.98 Å². The molecule has 2 aromatic rings. The Hall–Kier alpha value is -1.52. The van der Waals surface area contributed by atoms with Crippen LogP contribution in [0.4, 0.5) is 4.39 Å². The van der Waals surface area contributed by atoms with E-state index >= 15 is 0 Å². The van der Waals surface area contributed by atoms with Crippen molar-refractivity contribution in [3.8, 4) is 0 Å². The van der Waals surface area contributed by atoms with Gasteiger partial charge in [0, 0.05) is 24.7 Å². The third-order valence-corrected chi connectivity index (χ3v) is 5.83. The second-order valence-electron chi connectivity index (χ2n) is 7.74. The molecule has 0 spiro atoms. The molecule has 0 bridgehead atoms. The summed E-state index contributed by atoms with van der Waals surface area (Å²) in [6, 6.07) is 6.96. The van der Waals surface area contributed by atoms with Crippen LogP contribution in [0.15, 0.2) is 30.5 Å². The summed E-state index contributed by atoms with van der Waals surface area (Å²) in [5, 5.41) is 15.0. The van der Waals surface area contributed by atoms with Gasteiger partial charge in [-0.1, -0.05) is 38.3 Å². The summed E-state index contributed by atoms with van der Waals surface area (Å²) >= 11 is 0. The summed E-state index contributed by atoms with van der Waals surface area (Å²) in [7, 11) is 0. The zero-order valence-electron chi connectivity index (χ0n) is 15.3. The number of hydrogen-bond acceptors (Lipinski definition) is 3. The fourth-order valence-corrected chi connectivity index (χ4v) is 4.06. The highest BCUT2D eigenvalue weighted by molar-refractivity contribution is 5.79. The average molecular weight is 344 g/mol. The second kappa shape index (κ2) is 7.79. The van der Waals surface area contributed by atoms with Crippen molar-refractivity contribution in [2.45, 2.75) is 58.1 Å². The third-order valence-electron chi connectivity index (χ3n) is 5.83. The normalized spacial score (nSPS) is 23.5. The smallest absolute Gasteiger partial charge is 0.149 e. The molecule has 1 aliphatic carbocycles. The summed E-state index contributed by atoms with van der Waals surface area (Å²) in [6.45, 7) is 5.40. The molecule has 136 valence electrons. The van der Waals surface area contributed by atoms with Gasteiger partial charge in [0.1, 0.15) is 11.3 Å².